The lowest BCUT2D eigenvalue weighted by atomic mass is 10.0. The molecule has 1 unspecified atom stereocenters. The molecule has 0 aliphatic heterocycles. The van der Waals surface area contributed by atoms with E-state index in [1.54, 1.807) is 11.3 Å². The molecule has 0 bridgehead atoms. The molecule has 2 N–H and O–H groups in total. The van der Waals surface area contributed by atoms with E-state index >= 15 is 0 Å². The van der Waals surface area contributed by atoms with Gasteiger partial charge in [0.25, 0.3) is 0 Å². The number of nitrogens with zero attached hydrogens (tertiary/aromatic N) is 2. The standard InChI is InChI=1S/C11H14ClN3S2/c1-6(2)10-11(17-15-14-10)8(13)5-7-3-4-9(12)16-7/h3-4,6,8H,5,13H2,1-2H3. The zero-order chi connectivity index (χ0) is 12.4. The molecule has 3 nitrogen and oxygen atoms in total. The van der Waals surface area contributed by atoms with Crippen LogP contribution in [0.4, 0.5) is 0 Å². The van der Waals surface area contributed by atoms with Gasteiger partial charge in [-0.1, -0.05) is 29.9 Å². The van der Waals surface area contributed by atoms with Crippen LogP contribution in [0.3, 0.4) is 0 Å². The molecule has 92 valence electrons. The minimum absolute atomic E-state index is 0.0397. The van der Waals surface area contributed by atoms with Crippen molar-refractivity contribution >= 4 is 34.5 Å². The molecule has 1 atom stereocenters. The molecule has 6 heteroatoms. The highest BCUT2D eigenvalue weighted by Gasteiger charge is 2.18. The quantitative estimate of drug-likeness (QED) is 0.934. The highest BCUT2D eigenvalue weighted by Crippen LogP contribution is 2.30. The molecule has 2 aromatic heterocycles. The second-order valence-corrected chi connectivity index (χ2v) is 6.78. The predicted octanol–water partition coefficient (Wildman–Crippen LogP) is 3.62. The first-order valence-electron chi connectivity index (χ1n) is 5.40. The predicted molar refractivity (Wildman–Crippen MR) is 74.0 cm³/mol. The lowest BCUT2D eigenvalue weighted by Crippen LogP contribution is -2.13. The number of hydrogen-bond donors (Lipinski definition) is 1. The molecule has 0 saturated carbocycles. The van der Waals surface area contributed by atoms with Crippen molar-refractivity contribution in [3.05, 3.63) is 31.9 Å². The molecule has 0 aliphatic rings. The van der Waals surface area contributed by atoms with E-state index in [0.29, 0.717) is 5.92 Å². The summed E-state index contributed by atoms with van der Waals surface area (Å²) in [6.45, 7) is 4.21. The van der Waals surface area contributed by atoms with Gasteiger partial charge in [0.15, 0.2) is 0 Å². The number of rotatable bonds is 4. The van der Waals surface area contributed by atoms with Gasteiger partial charge >= 0.3 is 0 Å². The van der Waals surface area contributed by atoms with Crippen molar-refractivity contribution in [2.24, 2.45) is 5.73 Å². The first-order valence-corrected chi connectivity index (χ1v) is 7.36. The Kier molecular flexibility index (Phi) is 4.14. The van der Waals surface area contributed by atoms with E-state index in [-0.39, 0.29) is 6.04 Å². The SMILES string of the molecule is CC(C)c1nnsc1C(N)Cc1ccc(Cl)s1. The van der Waals surface area contributed by atoms with Crippen molar-refractivity contribution in [2.45, 2.75) is 32.2 Å². The summed E-state index contributed by atoms with van der Waals surface area (Å²) in [5.41, 5.74) is 7.23. The minimum Gasteiger partial charge on any atom is -0.323 e. The van der Waals surface area contributed by atoms with Crippen LogP contribution in [-0.4, -0.2) is 9.59 Å². The zero-order valence-electron chi connectivity index (χ0n) is 9.68. The Balaban J connectivity index is 2.14. The van der Waals surface area contributed by atoms with Crippen molar-refractivity contribution in [3.63, 3.8) is 0 Å². The van der Waals surface area contributed by atoms with Crippen LogP contribution in [0.1, 0.15) is 41.3 Å². The van der Waals surface area contributed by atoms with E-state index in [1.807, 2.05) is 12.1 Å². The molecule has 0 aromatic carbocycles. The normalized spacial score (nSPS) is 13.2. The largest absolute Gasteiger partial charge is 0.323 e. The fourth-order valence-corrected chi connectivity index (χ4v) is 3.58. The van der Waals surface area contributed by atoms with E-state index in [2.05, 4.69) is 23.4 Å². The van der Waals surface area contributed by atoms with Gasteiger partial charge in [0, 0.05) is 17.3 Å². The van der Waals surface area contributed by atoms with Gasteiger partial charge in [-0.05, 0) is 29.6 Å². The van der Waals surface area contributed by atoms with Crippen LogP contribution in [0.5, 0.6) is 0 Å². The Morgan fingerprint density at radius 2 is 2.18 bits per heavy atom. The second-order valence-electron chi connectivity index (χ2n) is 4.19. The summed E-state index contributed by atoms with van der Waals surface area (Å²) in [7, 11) is 0. The first-order chi connectivity index (χ1) is 8.08. The molecule has 0 radical (unpaired) electrons. The summed E-state index contributed by atoms with van der Waals surface area (Å²) in [6, 6.07) is 3.89. The summed E-state index contributed by atoms with van der Waals surface area (Å²) in [4.78, 5) is 2.29. The number of nitrogens with two attached hydrogens (primary N) is 1. The summed E-state index contributed by atoms with van der Waals surface area (Å²) < 4.78 is 4.80. The maximum Gasteiger partial charge on any atom is 0.0931 e. The van der Waals surface area contributed by atoms with Crippen LogP contribution in [0.2, 0.25) is 4.34 Å². The van der Waals surface area contributed by atoms with Crippen LogP contribution in [0, 0.1) is 0 Å². The molecule has 0 amide bonds. The van der Waals surface area contributed by atoms with Crippen molar-refractivity contribution in [1.82, 2.24) is 9.59 Å². The Morgan fingerprint density at radius 3 is 2.76 bits per heavy atom. The zero-order valence-corrected chi connectivity index (χ0v) is 12.1. The third-order valence-electron chi connectivity index (χ3n) is 2.47. The maximum atomic E-state index is 6.21. The van der Waals surface area contributed by atoms with Crippen LogP contribution in [0.25, 0.3) is 0 Å². The highest BCUT2D eigenvalue weighted by atomic mass is 35.5. The summed E-state index contributed by atoms with van der Waals surface area (Å²) >= 11 is 8.88. The monoisotopic (exact) mass is 287 g/mol. The number of halogens is 1. The van der Waals surface area contributed by atoms with Gasteiger partial charge in [-0.15, -0.1) is 16.4 Å². The molecular weight excluding hydrogens is 274 g/mol. The van der Waals surface area contributed by atoms with Crippen molar-refractivity contribution in [1.29, 1.82) is 0 Å². The summed E-state index contributed by atoms with van der Waals surface area (Å²) in [6.07, 6.45) is 0.793. The van der Waals surface area contributed by atoms with Gasteiger partial charge in [0.05, 0.1) is 14.9 Å². The van der Waals surface area contributed by atoms with Gasteiger partial charge in [0.2, 0.25) is 0 Å². The Hall–Kier alpha value is -0.490. The maximum absolute atomic E-state index is 6.21. The third kappa shape index (κ3) is 3.04. The van der Waals surface area contributed by atoms with Crippen LogP contribution >= 0.6 is 34.5 Å². The molecule has 2 rings (SSSR count). The fourth-order valence-electron chi connectivity index (χ4n) is 1.63. The number of aromatic nitrogens is 2. The average molecular weight is 288 g/mol. The summed E-state index contributed by atoms with van der Waals surface area (Å²) in [5, 5.41) is 4.15. The van der Waals surface area contributed by atoms with E-state index in [4.69, 9.17) is 17.3 Å². The highest BCUT2D eigenvalue weighted by molar-refractivity contribution is 7.16. The van der Waals surface area contributed by atoms with Crippen LogP contribution in [0.15, 0.2) is 12.1 Å². The van der Waals surface area contributed by atoms with Gasteiger partial charge in [-0.2, -0.15) is 0 Å². The average Bonchev–Trinajstić information content (AvgIpc) is 2.86. The Morgan fingerprint density at radius 1 is 1.41 bits per heavy atom. The van der Waals surface area contributed by atoms with E-state index in [1.165, 1.54) is 16.4 Å². The molecule has 0 saturated heterocycles. The smallest absolute Gasteiger partial charge is 0.0931 e. The Labute approximate surface area is 114 Å². The molecule has 2 aromatic rings. The van der Waals surface area contributed by atoms with Crippen molar-refractivity contribution in [2.75, 3.05) is 0 Å². The lowest BCUT2D eigenvalue weighted by molar-refractivity contribution is 0.706. The van der Waals surface area contributed by atoms with Crippen LogP contribution < -0.4 is 5.73 Å². The van der Waals surface area contributed by atoms with E-state index in [9.17, 15) is 0 Å². The minimum atomic E-state index is -0.0397. The molecule has 0 aliphatic carbocycles. The molecule has 0 fully saturated rings. The fraction of sp³-hybridized carbons (Fsp3) is 0.455. The molecular formula is C11H14ClN3S2. The molecule has 2 heterocycles. The number of hydrogen-bond acceptors (Lipinski definition) is 5. The van der Waals surface area contributed by atoms with Crippen LogP contribution in [-0.2, 0) is 6.42 Å². The van der Waals surface area contributed by atoms with Crippen molar-refractivity contribution < 1.29 is 0 Å². The molecule has 0 spiro atoms. The van der Waals surface area contributed by atoms with E-state index in [0.717, 1.165) is 21.3 Å². The van der Waals surface area contributed by atoms with Gasteiger partial charge in [0.1, 0.15) is 0 Å². The third-order valence-corrected chi connectivity index (χ3v) is 4.60. The van der Waals surface area contributed by atoms with E-state index < -0.39 is 0 Å². The number of thiophene rings is 1. The van der Waals surface area contributed by atoms with Crippen molar-refractivity contribution in [3.8, 4) is 0 Å². The molecule has 17 heavy (non-hydrogen) atoms. The van der Waals surface area contributed by atoms with Gasteiger partial charge in [-0.25, -0.2) is 0 Å². The second kappa shape index (κ2) is 5.44. The van der Waals surface area contributed by atoms with Gasteiger partial charge in [-0.3, -0.25) is 0 Å². The topological polar surface area (TPSA) is 51.8 Å². The first kappa shape index (κ1) is 13.0. The summed E-state index contributed by atoms with van der Waals surface area (Å²) in [5.74, 6) is 0.363. The Bertz CT molecular complexity index is 492. The van der Waals surface area contributed by atoms with Gasteiger partial charge < -0.3 is 5.73 Å². The lowest BCUT2D eigenvalue weighted by Gasteiger charge is -2.10.